The van der Waals surface area contributed by atoms with Crippen molar-refractivity contribution >= 4 is 11.3 Å². The maximum Gasteiger partial charge on any atom is 0.125 e. The molecule has 0 aliphatic rings. The minimum absolute atomic E-state index is 0.506. The molecule has 3 aromatic rings. The molecule has 0 radical (unpaired) electrons. The lowest BCUT2D eigenvalue weighted by Gasteiger charge is -2.05. The number of hydrogen-bond acceptors (Lipinski definition) is 5. The van der Waals surface area contributed by atoms with Crippen LogP contribution in [-0.4, -0.2) is 23.1 Å². The van der Waals surface area contributed by atoms with Gasteiger partial charge >= 0.3 is 0 Å². The zero-order valence-corrected chi connectivity index (χ0v) is 12.2. The van der Waals surface area contributed by atoms with Crippen molar-refractivity contribution in [3.8, 4) is 27.6 Å². The summed E-state index contributed by atoms with van der Waals surface area (Å²) < 4.78 is 5.55. The molecule has 0 spiro atoms. The van der Waals surface area contributed by atoms with Crippen LogP contribution in [0.4, 0.5) is 0 Å². The summed E-state index contributed by atoms with van der Waals surface area (Å²) in [7, 11) is 0. The van der Waals surface area contributed by atoms with Gasteiger partial charge < -0.3 is 10.5 Å². The van der Waals surface area contributed by atoms with Gasteiger partial charge in [-0.05, 0) is 24.3 Å². The first-order chi connectivity index (χ1) is 10.4. The van der Waals surface area contributed by atoms with Gasteiger partial charge in [0.25, 0.3) is 0 Å². The van der Waals surface area contributed by atoms with Gasteiger partial charge in [-0.3, -0.25) is 4.98 Å². The Labute approximate surface area is 127 Å². The van der Waals surface area contributed by atoms with E-state index < -0.39 is 0 Å². The fourth-order valence-electron chi connectivity index (χ4n) is 1.95. The molecule has 0 bridgehead atoms. The van der Waals surface area contributed by atoms with Gasteiger partial charge in [-0.25, -0.2) is 4.98 Å². The van der Waals surface area contributed by atoms with Crippen molar-refractivity contribution in [3.63, 3.8) is 0 Å². The molecule has 0 fully saturated rings. The van der Waals surface area contributed by atoms with Crippen LogP contribution in [0.3, 0.4) is 0 Å². The minimum atomic E-state index is 0.506. The lowest BCUT2D eigenvalue weighted by Crippen LogP contribution is -2.10. The molecule has 0 saturated carbocycles. The van der Waals surface area contributed by atoms with Crippen LogP contribution in [0, 0.1) is 0 Å². The first kappa shape index (κ1) is 13.7. The smallest absolute Gasteiger partial charge is 0.125 e. The normalized spacial score (nSPS) is 10.5. The van der Waals surface area contributed by atoms with E-state index in [-0.39, 0.29) is 0 Å². The number of ether oxygens (including phenoxy) is 1. The standard InChI is InChI=1S/C16H15N3OS/c17-6-8-20-14-5-1-3-12(9-14)15-11-21-16(19-15)13-4-2-7-18-10-13/h1-5,7,9-11H,6,8,17H2. The SMILES string of the molecule is NCCOc1cccc(-c2csc(-c3cccnc3)n2)c1. The molecule has 2 heterocycles. The Bertz CT molecular complexity index is 712. The summed E-state index contributed by atoms with van der Waals surface area (Å²) in [5, 5.41) is 3.01. The van der Waals surface area contributed by atoms with Crippen LogP contribution in [-0.2, 0) is 0 Å². The Kier molecular flexibility index (Phi) is 4.23. The highest BCUT2D eigenvalue weighted by Gasteiger charge is 2.07. The van der Waals surface area contributed by atoms with Gasteiger partial charge in [0, 0.05) is 35.4 Å². The molecule has 4 nitrogen and oxygen atoms in total. The molecule has 3 rings (SSSR count). The molecule has 1 aromatic carbocycles. The van der Waals surface area contributed by atoms with Gasteiger partial charge in [0.15, 0.2) is 0 Å². The third-order valence-electron chi connectivity index (χ3n) is 2.93. The first-order valence-corrected chi connectivity index (χ1v) is 7.54. The summed E-state index contributed by atoms with van der Waals surface area (Å²) in [6.07, 6.45) is 3.58. The van der Waals surface area contributed by atoms with E-state index in [1.807, 2.05) is 48.0 Å². The summed E-state index contributed by atoms with van der Waals surface area (Å²) in [5.74, 6) is 0.814. The molecule has 0 saturated heterocycles. The van der Waals surface area contributed by atoms with Crippen LogP contribution in [0.25, 0.3) is 21.8 Å². The Morgan fingerprint density at radius 3 is 2.86 bits per heavy atom. The van der Waals surface area contributed by atoms with E-state index in [9.17, 15) is 0 Å². The molecule has 2 N–H and O–H groups in total. The molecule has 0 aliphatic heterocycles. The molecule has 5 heteroatoms. The lowest BCUT2D eigenvalue weighted by atomic mass is 10.1. The Morgan fingerprint density at radius 1 is 1.14 bits per heavy atom. The fraction of sp³-hybridized carbons (Fsp3) is 0.125. The van der Waals surface area contributed by atoms with Crippen molar-refractivity contribution in [1.82, 2.24) is 9.97 Å². The number of hydrogen-bond donors (Lipinski definition) is 1. The first-order valence-electron chi connectivity index (χ1n) is 6.66. The van der Waals surface area contributed by atoms with Crippen molar-refractivity contribution in [3.05, 3.63) is 54.2 Å². The fourth-order valence-corrected chi connectivity index (χ4v) is 2.77. The summed E-state index contributed by atoms with van der Waals surface area (Å²) in [6.45, 7) is 1.02. The number of thiazole rings is 1. The molecule has 0 amide bonds. The van der Waals surface area contributed by atoms with Crippen molar-refractivity contribution in [1.29, 1.82) is 0 Å². The summed E-state index contributed by atoms with van der Waals surface area (Å²) >= 11 is 1.61. The third-order valence-corrected chi connectivity index (χ3v) is 3.82. The largest absolute Gasteiger partial charge is 0.492 e. The van der Waals surface area contributed by atoms with Gasteiger partial charge in [-0.15, -0.1) is 11.3 Å². The number of benzene rings is 1. The monoisotopic (exact) mass is 297 g/mol. The highest BCUT2D eigenvalue weighted by Crippen LogP contribution is 2.29. The third kappa shape index (κ3) is 3.26. The van der Waals surface area contributed by atoms with E-state index in [1.165, 1.54) is 0 Å². The van der Waals surface area contributed by atoms with E-state index >= 15 is 0 Å². The van der Waals surface area contributed by atoms with Gasteiger partial charge in [0.05, 0.1) is 5.69 Å². The maximum atomic E-state index is 5.55. The average molecular weight is 297 g/mol. The Balaban J connectivity index is 1.86. The number of nitrogens with zero attached hydrogens (tertiary/aromatic N) is 2. The number of nitrogens with two attached hydrogens (primary N) is 1. The van der Waals surface area contributed by atoms with Crippen LogP contribution in [0.2, 0.25) is 0 Å². The molecule has 0 aliphatic carbocycles. The van der Waals surface area contributed by atoms with Gasteiger partial charge in [0.2, 0.25) is 0 Å². The van der Waals surface area contributed by atoms with Crippen LogP contribution in [0.15, 0.2) is 54.2 Å². The van der Waals surface area contributed by atoms with Crippen LogP contribution >= 0.6 is 11.3 Å². The second-order valence-electron chi connectivity index (χ2n) is 4.44. The lowest BCUT2D eigenvalue weighted by molar-refractivity contribution is 0.328. The quantitative estimate of drug-likeness (QED) is 0.785. The molecule has 106 valence electrons. The zero-order chi connectivity index (χ0) is 14.5. The molecule has 2 aromatic heterocycles. The van der Waals surface area contributed by atoms with Crippen LogP contribution in [0.1, 0.15) is 0 Å². The predicted octanol–water partition coefficient (Wildman–Crippen LogP) is 3.21. The van der Waals surface area contributed by atoms with Gasteiger partial charge in [-0.1, -0.05) is 12.1 Å². The van der Waals surface area contributed by atoms with E-state index in [0.717, 1.165) is 27.6 Å². The summed E-state index contributed by atoms with van der Waals surface area (Å²) in [6, 6.07) is 11.8. The molecular weight excluding hydrogens is 282 g/mol. The van der Waals surface area contributed by atoms with Crippen molar-refractivity contribution in [2.75, 3.05) is 13.2 Å². The van der Waals surface area contributed by atoms with Crippen LogP contribution < -0.4 is 10.5 Å². The second kappa shape index (κ2) is 6.47. The van der Waals surface area contributed by atoms with Crippen molar-refractivity contribution < 1.29 is 4.74 Å². The number of rotatable bonds is 5. The minimum Gasteiger partial charge on any atom is -0.492 e. The molecule has 0 atom stereocenters. The number of aromatic nitrogens is 2. The van der Waals surface area contributed by atoms with Crippen molar-refractivity contribution in [2.24, 2.45) is 5.73 Å². The van der Waals surface area contributed by atoms with E-state index in [2.05, 4.69) is 9.97 Å². The average Bonchev–Trinajstić information content (AvgIpc) is 3.04. The zero-order valence-electron chi connectivity index (χ0n) is 11.4. The summed E-state index contributed by atoms with van der Waals surface area (Å²) in [5.41, 5.74) is 8.46. The Hall–Kier alpha value is -2.24. The predicted molar refractivity (Wildman–Crippen MR) is 85.3 cm³/mol. The second-order valence-corrected chi connectivity index (χ2v) is 5.30. The van der Waals surface area contributed by atoms with E-state index in [0.29, 0.717) is 13.2 Å². The van der Waals surface area contributed by atoms with E-state index in [1.54, 1.807) is 17.5 Å². The topological polar surface area (TPSA) is 61.0 Å². The highest BCUT2D eigenvalue weighted by molar-refractivity contribution is 7.13. The van der Waals surface area contributed by atoms with E-state index in [4.69, 9.17) is 10.5 Å². The van der Waals surface area contributed by atoms with Crippen molar-refractivity contribution in [2.45, 2.75) is 0 Å². The number of pyridine rings is 1. The molecular formula is C16H15N3OS. The summed E-state index contributed by atoms with van der Waals surface area (Å²) in [4.78, 5) is 8.80. The van der Waals surface area contributed by atoms with Gasteiger partial charge in [-0.2, -0.15) is 0 Å². The van der Waals surface area contributed by atoms with Crippen LogP contribution in [0.5, 0.6) is 5.75 Å². The highest BCUT2D eigenvalue weighted by atomic mass is 32.1. The molecule has 0 unspecified atom stereocenters. The van der Waals surface area contributed by atoms with Gasteiger partial charge in [0.1, 0.15) is 17.4 Å². The Morgan fingerprint density at radius 2 is 2.05 bits per heavy atom. The maximum absolute atomic E-state index is 5.55. The molecule has 21 heavy (non-hydrogen) atoms.